The average Bonchev–Trinajstić information content (AvgIpc) is 2.45. The van der Waals surface area contributed by atoms with E-state index in [0.717, 1.165) is 17.0 Å². The van der Waals surface area contributed by atoms with Crippen LogP contribution in [-0.4, -0.2) is 6.61 Å². The van der Waals surface area contributed by atoms with Gasteiger partial charge in [-0.25, -0.2) is 0 Å². The van der Waals surface area contributed by atoms with Crippen LogP contribution in [0.15, 0.2) is 55.1 Å². The maximum absolute atomic E-state index is 6.13. The minimum atomic E-state index is 0.485. The Hall–Kier alpha value is -1.64. The summed E-state index contributed by atoms with van der Waals surface area (Å²) in [5.41, 5.74) is 1.90. The van der Waals surface area contributed by atoms with E-state index in [-0.39, 0.29) is 0 Å². The molecule has 0 aromatic heterocycles. The fourth-order valence-corrected chi connectivity index (χ4v) is 2.24. The van der Waals surface area contributed by atoms with Crippen molar-refractivity contribution in [3.05, 3.63) is 70.7 Å². The Labute approximate surface area is 129 Å². The van der Waals surface area contributed by atoms with Crippen molar-refractivity contribution in [2.24, 2.45) is 0 Å². The van der Waals surface area contributed by atoms with E-state index < -0.39 is 0 Å². The van der Waals surface area contributed by atoms with Crippen LogP contribution in [0.1, 0.15) is 5.56 Å². The summed E-state index contributed by atoms with van der Waals surface area (Å²) in [6.07, 6.45) is 1.72. The SMILES string of the molecule is C=CCOc1ccccc1CNc1ccc(Cl)cc1Cl. The number of hydrogen-bond donors (Lipinski definition) is 1. The second-order valence-corrected chi connectivity index (χ2v) is 5.03. The smallest absolute Gasteiger partial charge is 0.124 e. The zero-order valence-corrected chi connectivity index (χ0v) is 12.4. The summed E-state index contributed by atoms with van der Waals surface area (Å²) in [5, 5.41) is 4.50. The van der Waals surface area contributed by atoms with Gasteiger partial charge in [-0.15, -0.1) is 0 Å². The predicted octanol–water partition coefficient (Wildman–Crippen LogP) is 5.17. The molecule has 2 aromatic rings. The van der Waals surface area contributed by atoms with Crippen LogP contribution < -0.4 is 10.1 Å². The normalized spacial score (nSPS) is 10.1. The molecule has 0 atom stereocenters. The molecular weight excluding hydrogens is 293 g/mol. The summed E-state index contributed by atoms with van der Waals surface area (Å²) in [4.78, 5) is 0. The molecule has 0 aliphatic carbocycles. The fraction of sp³-hybridized carbons (Fsp3) is 0.125. The van der Waals surface area contributed by atoms with Crippen LogP contribution in [0.25, 0.3) is 0 Å². The van der Waals surface area contributed by atoms with Gasteiger partial charge in [0, 0.05) is 17.1 Å². The third-order valence-electron chi connectivity index (χ3n) is 2.73. The Bertz CT molecular complexity index is 599. The van der Waals surface area contributed by atoms with E-state index in [0.29, 0.717) is 23.2 Å². The summed E-state index contributed by atoms with van der Waals surface area (Å²) in [6.45, 7) is 4.75. The molecule has 0 saturated heterocycles. The average molecular weight is 308 g/mol. The summed E-state index contributed by atoms with van der Waals surface area (Å²) in [7, 11) is 0. The number of nitrogens with one attached hydrogen (secondary N) is 1. The Morgan fingerprint density at radius 2 is 1.95 bits per heavy atom. The molecule has 4 heteroatoms. The van der Waals surface area contributed by atoms with Crippen molar-refractivity contribution in [2.75, 3.05) is 11.9 Å². The molecule has 0 spiro atoms. The van der Waals surface area contributed by atoms with Crippen LogP contribution in [0.2, 0.25) is 10.0 Å². The van der Waals surface area contributed by atoms with Gasteiger partial charge in [0.05, 0.1) is 10.7 Å². The zero-order valence-electron chi connectivity index (χ0n) is 10.9. The van der Waals surface area contributed by atoms with Gasteiger partial charge in [-0.1, -0.05) is 54.1 Å². The molecule has 2 rings (SSSR count). The molecule has 0 bridgehead atoms. The van der Waals surface area contributed by atoms with Gasteiger partial charge in [0.15, 0.2) is 0 Å². The van der Waals surface area contributed by atoms with Crippen molar-refractivity contribution < 1.29 is 4.74 Å². The predicted molar refractivity (Wildman–Crippen MR) is 85.9 cm³/mol. The summed E-state index contributed by atoms with van der Waals surface area (Å²) in [5.74, 6) is 0.838. The van der Waals surface area contributed by atoms with E-state index in [2.05, 4.69) is 11.9 Å². The minimum absolute atomic E-state index is 0.485. The summed E-state index contributed by atoms with van der Waals surface area (Å²) in [6, 6.07) is 13.2. The molecule has 0 radical (unpaired) electrons. The number of benzene rings is 2. The molecule has 0 unspecified atom stereocenters. The lowest BCUT2D eigenvalue weighted by molar-refractivity contribution is 0.359. The number of halogens is 2. The van der Waals surface area contributed by atoms with Crippen molar-refractivity contribution in [2.45, 2.75) is 6.54 Å². The lowest BCUT2D eigenvalue weighted by Crippen LogP contribution is -2.03. The monoisotopic (exact) mass is 307 g/mol. The Morgan fingerprint density at radius 3 is 2.70 bits per heavy atom. The molecule has 20 heavy (non-hydrogen) atoms. The van der Waals surface area contributed by atoms with Crippen molar-refractivity contribution in [3.63, 3.8) is 0 Å². The lowest BCUT2D eigenvalue weighted by Gasteiger charge is -2.12. The lowest BCUT2D eigenvalue weighted by atomic mass is 10.2. The van der Waals surface area contributed by atoms with Crippen LogP contribution in [0.4, 0.5) is 5.69 Å². The number of rotatable bonds is 6. The number of ether oxygens (including phenoxy) is 1. The number of anilines is 1. The van der Waals surface area contributed by atoms with Crippen LogP contribution in [-0.2, 0) is 6.54 Å². The summed E-state index contributed by atoms with van der Waals surface area (Å²) < 4.78 is 5.61. The van der Waals surface area contributed by atoms with Crippen molar-refractivity contribution in [3.8, 4) is 5.75 Å². The van der Waals surface area contributed by atoms with E-state index in [1.165, 1.54) is 0 Å². The first kappa shape index (κ1) is 14.8. The molecule has 0 aliphatic rings. The molecule has 0 heterocycles. The van der Waals surface area contributed by atoms with Gasteiger partial charge < -0.3 is 10.1 Å². The topological polar surface area (TPSA) is 21.3 Å². The third kappa shape index (κ3) is 3.92. The van der Waals surface area contributed by atoms with E-state index in [9.17, 15) is 0 Å². The number of para-hydroxylation sites is 1. The first-order chi connectivity index (χ1) is 9.70. The minimum Gasteiger partial charge on any atom is -0.489 e. The summed E-state index contributed by atoms with van der Waals surface area (Å²) >= 11 is 12.0. The highest BCUT2D eigenvalue weighted by Gasteiger charge is 2.04. The van der Waals surface area contributed by atoms with E-state index in [4.69, 9.17) is 27.9 Å². The highest BCUT2D eigenvalue weighted by molar-refractivity contribution is 6.36. The highest BCUT2D eigenvalue weighted by Crippen LogP contribution is 2.27. The van der Waals surface area contributed by atoms with Crippen molar-refractivity contribution in [1.29, 1.82) is 0 Å². The van der Waals surface area contributed by atoms with E-state index in [1.54, 1.807) is 18.2 Å². The van der Waals surface area contributed by atoms with Gasteiger partial charge in [0.25, 0.3) is 0 Å². The Morgan fingerprint density at radius 1 is 1.15 bits per heavy atom. The first-order valence-electron chi connectivity index (χ1n) is 6.21. The van der Waals surface area contributed by atoms with E-state index in [1.807, 2.05) is 30.3 Å². The second-order valence-electron chi connectivity index (χ2n) is 4.19. The Balaban J connectivity index is 2.08. The maximum Gasteiger partial charge on any atom is 0.124 e. The molecule has 0 amide bonds. The molecular formula is C16H15Cl2NO. The van der Waals surface area contributed by atoms with Crippen LogP contribution in [0.3, 0.4) is 0 Å². The van der Waals surface area contributed by atoms with Crippen LogP contribution >= 0.6 is 23.2 Å². The molecule has 0 saturated carbocycles. The largest absolute Gasteiger partial charge is 0.489 e. The maximum atomic E-state index is 6.13. The van der Waals surface area contributed by atoms with Gasteiger partial charge in [-0.2, -0.15) is 0 Å². The first-order valence-corrected chi connectivity index (χ1v) is 6.97. The molecule has 2 nitrogen and oxygen atoms in total. The van der Waals surface area contributed by atoms with Gasteiger partial charge in [-0.3, -0.25) is 0 Å². The molecule has 104 valence electrons. The van der Waals surface area contributed by atoms with Gasteiger partial charge >= 0.3 is 0 Å². The van der Waals surface area contributed by atoms with Crippen molar-refractivity contribution >= 4 is 28.9 Å². The Kier molecular flexibility index (Phi) is 5.33. The fourth-order valence-electron chi connectivity index (χ4n) is 1.76. The number of hydrogen-bond acceptors (Lipinski definition) is 2. The second kappa shape index (κ2) is 7.22. The van der Waals surface area contributed by atoms with E-state index >= 15 is 0 Å². The highest BCUT2D eigenvalue weighted by atomic mass is 35.5. The zero-order chi connectivity index (χ0) is 14.4. The standard InChI is InChI=1S/C16H15Cl2NO/c1-2-9-20-16-6-4-3-5-12(16)11-19-15-8-7-13(17)10-14(15)18/h2-8,10,19H,1,9,11H2. The molecule has 0 aliphatic heterocycles. The van der Waals surface area contributed by atoms with Gasteiger partial charge in [-0.05, 0) is 24.3 Å². The molecule has 2 aromatic carbocycles. The van der Waals surface area contributed by atoms with Crippen molar-refractivity contribution in [1.82, 2.24) is 0 Å². The molecule has 0 fully saturated rings. The van der Waals surface area contributed by atoms with Gasteiger partial charge in [0.2, 0.25) is 0 Å². The van der Waals surface area contributed by atoms with Crippen LogP contribution in [0.5, 0.6) is 5.75 Å². The third-order valence-corrected chi connectivity index (χ3v) is 3.28. The van der Waals surface area contributed by atoms with Crippen LogP contribution in [0, 0.1) is 0 Å². The molecule has 1 N–H and O–H groups in total. The van der Waals surface area contributed by atoms with Gasteiger partial charge in [0.1, 0.15) is 12.4 Å². The quantitative estimate of drug-likeness (QED) is 0.743.